The van der Waals surface area contributed by atoms with Crippen LogP contribution in [0.3, 0.4) is 0 Å². The summed E-state index contributed by atoms with van der Waals surface area (Å²) in [7, 11) is 9.18. The van der Waals surface area contributed by atoms with Crippen LogP contribution in [0.2, 0.25) is 0 Å². The van der Waals surface area contributed by atoms with Crippen molar-refractivity contribution in [3.05, 3.63) is 0 Å². The zero-order chi connectivity index (χ0) is 8.32. The maximum absolute atomic E-state index is 1.95. The van der Waals surface area contributed by atoms with E-state index >= 15 is 0 Å². The molecule has 13 heavy (non-hydrogen) atoms. The van der Waals surface area contributed by atoms with Crippen LogP contribution in [0.25, 0.3) is 0 Å². The van der Waals surface area contributed by atoms with Gasteiger partial charge in [-0.2, -0.15) is 0 Å². The van der Waals surface area contributed by atoms with Gasteiger partial charge in [-0.1, -0.05) is 0 Å². The van der Waals surface area contributed by atoms with Crippen LogP contribution in [-0.2, 0) is 0 Å². The van der Waals surface area contributed by atoms with E-state index in [-0.39, 0.29) is 0 Å². The maximum Gasteiger partial charge on any atom is -0.00259 e. The first-order valence-corrected chi connectivity index (χ1v) is 55.5. The Bertz CT molecular complexity index is 402. The molecule has 13 heteroatoms. The number of rotatable bonds is 0. The molecule has 0 nitrogen and oxygen atoms in total. The molecule has 0 aromatic heterocycles. The second kappa shape index (κ2) is 1.62. The summed E-state index contributed by atoms with van der Waals surface area (Å²) in [5, 5.41) is 0. The molecule has 4 unspecified atom stereocenters. The van der Waals surface area contributed by atoms with E-state index in [9.17, 15) is 0 Å². The molecule has 0 radical (unpaired) electrons. The molecule has 6 aliphatic heterocycles. The quantitative estimate of drug-likeness (QED) is 0.366. The van der Waals surface area contributed by atoms with E-state index in [1.54, 1.807) is 0 Å². The lowest BCUT2D eigenvalue weighted by atomic mass is 25.9. The van der Waals surface area contributed by atoms with Gasteiger partial charge in [0.1, 0.15) is 0 Å². The topological polar surface area (TPSA) is 0 Å². The second-order valence-electron chi connectivity index (χ2n) is 7.67. The lowest BCUT2D eigenvalue weighted by molar-refractivity contribution is 3.52. The summed E-state index contributed by atoms with van der Waals surface area (Å²) in [6, 6.07) is 0. The Morgan fingerprint density at radius 3 is 1.92 bits per heavy atom. The molecule has 6 fully saturated rings. The van der Waals surface area contributed by atoms with Gasteiger partial charge in [0.2, 0.25) is 0 Å². The first-order valence-electron chi connectivity index (χ1n) is 6.16. The smallest absolute Gasteiger partial charge is 0.00259 e. The van der Waals surface area contributed by atoms with Gasteiger partial charge < -0.3 is 0 Å². The minimum atomic E-state index is 0.402. The van der Waals surface area contributed by atoms with Crippen molar-refractivity contribution in [3.8, 4) is 0 Å². The highest BCUT2D eigenvalue weighted by Gasteiger charge is 3.12. The van der Waals surface area contributed by atoms with Crippen molar-refractivity contribution in [2.75, 3.05) is 0 Å². The first-order chi connectivity index (χ1) is 6.16. The van der Waals surface area contributed by atoms with E-state index in [0.717, 1.165) is 51.3 Å². The Balaban J connectivity index is 1.52. The van der Waals surface area contributed by atoms with Crippen LogP contribution in [0.4, 0.5) is 0 Å². The summed E-state index contributed by atoms with van der Waals surface area (Å²) < 4.78 is 0. The molecule has 0 aliphatic carbocycles. The summed E-state index contributed by atoms with van der Waals surface area (Å²) in [6.45, 7) is 0. The molecule has 6 aliphatic rings. The third-order valence-electron chi connectivity index (χ3n) is 7.90. The van der Waals surface area contributed by atoms with Gasteiger partial charge in [-0.15, -0.1) is 0 Å². The van der Waals surface area contributed by atoms with E-state index in [1.165, 1.54) is 0 Å². The summed E-state index contributed by atoms with van der Waals surface area (Å²) in [5.74, 6) is 0. The lowest BCUT2D eigenvalue weighted by Gasteiger charge is -2.24. The van der Waals surface area contributed by atoms with Crippen LogP contribution < -0.4 is 0 Å². The zero-order valence-electron chi connectivity index (χ0n) is 8.32. The van der Waals surface area contributed by atoms with Crippen LogP contribution >= 0.6 is 0 Å². The molecule has 6 heterocycles. The number of fused-ring (bicyclic) bond motifs is 2. The highest BCUT2D eigenvalue weighted by Crippen LogP contribution is 2.74. The van der Waals surface area contributed by atoms with Crippen molar-refractivity contribution in [3.63, 3.8) is 0 Å². The van der Waals surface area contributed by atoms with Crippen LogP contribution in [0.5, 0.6) is 0 Å². The largest absolute Gasteiger partial charge is 0.0114 e. The maximum atomic E-state index is 1.95. The summed E-state index contributed by atoms with van der Waals surface area (Å²) in [5.41, 5.74) is 0. The van der Waals surface area contributed by atoms with Crippen molar-refractivity contribution in [1.82, 2.24) is 0 Å². The molecule has 6 saturated heterocycles. The number of hydrogen-bond donors (Lipinski definition) is 0. The van der Waals surface area contributed by atoms with Crippen LogP contribution in [0.15, 0.2) is 0 Å². The Morgan fingerprint density at radius 1 is 0.846 bits per heavy atom. The minimum absolute atomic E-state index is 0.402. The second-order valence-corrected chi connectivity index (χ2v) is 207. The van der Waals surface area contributed by atoms with Crippen molar-refractivity contribution in [2.24, 2.45) is 0 Å². The SMILES string of the molecule is [SiH3][SiH]1[SiH2][Si]12[SiH2][Si]21[SiH2][Si]12[SiH2][Si]13[SiH2][Si]12[SiH2]3. The van der Waals surface area contributed by atoms with Crippen molar-refractivity contribution in [2.45, 2.75) is 0 Å². The monoisotopic (exact) mass is 380 g/mol. The van der Waals surface area contributed by atoms with Crippen molar-refractivity contribution < 1.29 is 0 Å². The molecule has 6 rings (SSSR count). The summed E-state index contributed by atoms with van der Waals surface area (Å²) >= 11 is 0. The molecule has 0 aromatic rings. The van der Waals surface area contributed by atoms with Gasteiger partial charge in [0.15, 0.2) is 0 Å². The third-order valence-corrected chi connectivity index (χ3v) is 590. The van der Waals surface area contributed by atoms with Gasteiger partial charge in [0.05, 0.1) is 0 Å². The van der Waals surface area contributed by atoms with Crippen LogP contribution in [-0.4, -0.2) is 99.2 Å². The third kappa shape index (κ3) is 0.500. The fraction of sp³-hybridized carbons (Fsp3) is 0. The fourth-order valence-electron chi connectivity index (χ4n) is 6.90. The Hall–Kier alpha value is 2.82. The average Bonchev–Trinajstić information content (AvgIpc) is 2.75. The lowest BCUT2D eigenvalue weighted by Crippen LogP contribution is -2.62. The molecule has 0 amide bonds. The van der Waals surface area contributed by atoms with Crippen LogP contribution in [0, 0.1) is 0 Å². The Kier molecular flexibility index (Phi) is 0.998. The first kappa shape index (κ1) is 8.02. The Labute approximate surface area is 98.0 Å². The van der Waals surface area contributed by atoms with Gasteiger partial charge in [-0.05, 0) is 99.2 Å². The molecule has 0 bridgehead atoms. The molecular formula is H16Si13. The van der Waals surface area contributed by atoms with E-state index in [1.807, 2.05) is 9.76 Å². The predicted octanol–water partition coefficient (Wildman–Crippen LogP) is -9.23. The molecule has 68 valence electrons. The van der Waals surface area contributed by atoms with Gasteiger partial charge in [-0.3, -0.25) is 0 Å². The molecule has 0 saturated carbocycles. The van der Waals surface area contributed by atoms with Gasteiger partial charge in [0.25, 0.3) is 0 Å². The molecule has 0 aromatic carbocycles. The summed E-state index contributed by atoms with van der Waals surface area (Å²) in [4.78, 5) is 0. The number of hydrogen-bond acceptors (Lipinski definition) is 0. The van der Waals surface area contributed by atoms with E-state index < -0.39 is 0 Å². The van der Waals surface area contributed by atoms with Gasteiger partial charge in [-0.25, -0.2) is 0 Å². The molecule has 3 spiro atoms. The van der Waals surface area contributed by atoms with Gasteiger partial charge in [0, 0.05) is 0 Å². The highest BCUT2D eigenvalue weighted by molar-refractivity contribution is 8.88. The standard InChI is InChI=1S/H16Si13/c1-8-2-10(8)6-12(10)7-13(12)5-9-3-11(9,13)4-9/h8H,2-7H2,1H3. The average molecular weight is 381 g/mol. The fourth-order valence-corrected chi connectivity index (χ4v) is 1640. The zero-order valence-corrected chi connectivity index (χ0v) is 25.0. The van der Waals surface area contributed by atoms with Crippen LogP contribution in [0.1, 0.15) is 0 Å². The van der Waals surface area contributed by atoms with Gasteiger partial charge >= 0.3 is 0 Å². The van der Waals surface area contributed by atoms with E-state index in [2.05, 4.69) is 0 Å². The Morgan fingerprint density at radius 2 is 1.54 bits per heavy atom. The molecule has 0 N–H and O–H groups in total. The minimum Gasteiger partial charge on any atom is -0.0114 e. The van der Waals surface area contributed by atoms with E-state index in [0.29, 0.717) is 38.1 Å². The van der Waals surface area contributed by atoms with Crippen molar-refractivity contribution >= 4 is 99.2 Å². The molecule has 4 atom stereocenters. The predicted molar refractivity (Wildman–Crippen MR) is 97.1 cm³/mol. The molecular weight excluding hydrogens is 365 g/mol. The summed E-state index contributed by atoms with van der Waals surface area (Å²) in [6.07, 6.45) is 2.18. The normalized spacial score (nSPS) is 105. The van der Waals surface area contributed by atoms with E-state index in [4.69, 9.17) is 0 Å². The van der Waals surface area contributed by atoms with Crippen molar-refractivity contribution in [1.29, 1.82) is 0 Å². The highest BCUT2D eigenvalue weighted by atomic mass is 31.2.